The Morgan fingerprint density at radius 3 is 2.57 bits per heavy atom. The van der Waals surface area contributed by atoms with Gasteiger partial charge in [0.2, 0.25) is 0 Å². The van der Waals surface area contributed by atoms with Crippen LogP contribution >= 0.6 is 11.8 Å². The molecule has 2 N–H and O–H groups in total. The highest BCUT2D eigenvalue weighted by Crippen LogP contribution is 2.37. The van der Waals surface area contributed by atoms with E-state index in [1.807, 2.05) is 26.0 Å². The van der Waals surface area contributed by atoms with Crippen LogP contribution in [0.15, 0.2) is 41.3 Å². The third-order valence-electron chi connectivity index (χ3n) is 2.81. The fourth-order valence-corrected chi connectivity index (χ4v) is 2.54. The van der Waals surface area contributed by atoms with E-state index in [9.17, 15) is 4.39 Å². The lowest BCUT2D eigenvalue weighted by molar-refractivity contribution is 0.241. The summed E-state index contributed by atoms with van der Waals surface area (Å²) >= 11 is 1.49. The first-order valence-corrected chi connectivity index (χ1v) is 8.13. The van der Waals surface area contributed by atoms with Crippen LogP contribution in [0.5, 0.6) is 17.2 Å². The van der Waals surface area contributed by atoms with Gasteiger partial charge in [-0.05, 0) is 38.1 Å². The molecule has 0 fully saturated rings. The van der Waals surface area contributed by atoms with Crippen molar-refractivity contribution in [2.45, 2.75) is 24.8 Å². The number of methoxy groups -OCH3 is 1. The van der Waals surface area contributed by atoms with Crippen LogP contribution in [0.3, 0.4) is 0 Å². The first-order valence-electron chi connectivity index (χ1n) is 7.15. The zero-order valence-electron chi connectivity index (χ0n) is 13.3. The van der Waals surface area contributed by atoms with E-state index in [2.05, 4.69) is 0 Å². The molecule has 0 atom stereocenters. The lowest BCUT2D eigenvalue weighted by atomic mass is 10.2. The van der Waals surface area contributed by atoms with Crippen molar-refractivity contribution in [2.75, 3.05) is 18.8 Å². The highest BCUT2D eigenvalue weighted by Gasteiger charge is 2.11. The van der Waals surface area contributed by atoms with Crippen molar-refractivity contribution in [2.24, 2.45) is 0 Å². The number of hydrogen-bond acceptors (Lipinski definition) is 5. The molecule has 4 nitrogen and oxygen atoms in total. The molecule has 0 aliphatic rings. The number of thioether (sulfide) groups is 1. The van der Waals surface area contributed by atoms with Crippen LogP contribution in [0.25, 0.3) is 0 Å². The minimum absolute atomic E-state index is 0.0521. The van der Waals surface area contributed by atoms with Gasteiger partial charge in [0, 0.05) is 19.2 Å². The maximum absolute atomic E-state index is 13.2. The quantitative estimate of drug-likeness (QED) is 0.451. The molecule has 0 heterocycles. The highest BCUT2D eigenvalue weighted by atomic mass is 32.2. The summed E-state index contributed by atoms with van der Waals surface area (Å²) in [7, 11) is 1.63. The van der Waals surface area contributed by atoms with Gasteiger partial charge >= 0.3 is 0 Å². The third-order valence-corrected chi connectivity index (χ3v) is 3.81. The van der Waals surface area contributed by atoms with E-state index in [4.69, 9.17) is 19.9 Å². The molecule has 0 saturated heterocycles. The molecule has 0 aliphatic carbocycles. The van der Waals surface area contributed by atoms with Crippen molar-refractivity contribution >= 4 is 17.4 Å². The number of benzene rings is 2. The number of nitrogen functional groups attached to an aromatic ring is 1. The molecule has 124 valence electrons. The number of anilines is 1. The normalized spacial score (nSPS) is 10.8. The Kier molecular flexibility index (Phi) is 6.12. The van der Waals surface area contributed by atoms with Crippen LogP contribution in [0.2, 0.25) is 0 Å². The van der Waals surface area contributed by atoms with Gasteiger partial charge in [0.25, 0.3) is 0 Å². The summed E-state index contributed by atoms with van der Waals surface area (Å²) in [5, 5.41) is 0. The van der Waals surface area contributed by atoms with Crippen LogP contribution in [-0.4, -0.2) is 19.2 Å². The zero-order valence-corrected chi connectivity index (χ0v) is 14.2. The lowest BCUT2D eigenvalue weighted by Crippen LogP contribution is -2.05. The summed E-state index contributed by atoms with van der Waals surface area (Å²) < 4.78 is 29.8. The average molecular weight is 337 g/mol. The van der Waals surface area contributed by atoms with E-state index >= 15 is 0 Å². The Balaban J connectivity index is 2.31. The van der Waals surface area contributed by atoms with Gasteiger partial charge in [0.15, 0.2) is 5.75 Å². The molecule has 6 heteroatoms. The first-order chi connectivity index (χ1) is 11.0. The molecule has 0 aliphatic heterocycles. The predicted octanol–water partition coefficient (Wildman–Crippen LogP) is 4.68. The number of halogens is 1. The number of rotatable bonds is 7. The van der Waals surface area contributed by atoms with Gasteiger partial charge in [-0.2, -0.15) is 0 Å². The molecule has 2 rings (SSSR count). The van der Waals surface area contributed by atoms with Crippen LogP contribution < -0.4 is 15.2 Å². The summed E-state index contributed by atoms with van der Waals surface area (Å²) in [6, 6.07) is 9.61. The molecule has 0 unspecified atom stereocenters. The van der Waals surface area contributed by atoms with Crippen LogP contribution in [-0.2, 0) is 4.74 Å². The Labute approximate surface area is 139 Å². The monoisotopic (exact) mass is 337 g/mol. The molecule has 0 bridgehead atoms. The minimum atomic E-state index is -0.402. The largest absolute Gasteiger partial charge is 0.491 e. The first kappa shape index (κ1) is 17.4. The highest BCUT2D eigenvalue weighted by molar-refractivity contribution is 7.99. The fraction of sp³-hybridized carbons (Fsp3) is 0.294. The number of hydrogen-bond donors (Lipinski definition) is 1. The summed E-state index contributed by atoms with van der Waals surface area (Å²) in [6.45, 7) is 3.90. The van der Waals surface area contributed by atoms with Crippen molar-refractivity contribution < 1.29 is 18.6 Å². The molecule has 2 aromatic carbocycles. The zero-order chi connectivity index (χ0) is 16.8. The molecular weight excluding hydrogens is 317 g/mol. The number of ether oxygens (including phenoxy) is 3. The van der Waals surface area contributed by atoms with Gasteiger partial charge in [-0.25, -0.2) is 4.39 Å². The lowest BCUT2D eigenvalue weighted by Gasteiger charge is -2.15. The Hall–Kier alpha value is -1.92. The standard InChI is InChI=1S/C17H20FNO3S/c1-11(2)21-13-5-7-17(23-10-20-3)16(9-13)22-15-6-4-12(18)8-14(15)19/h4-9,11H,10,19H2,1-3H3. The second-order valence-electron chi connectivity index (χ2n) is 5.11. The van der Waals surface area contributed by atoms with Gasteiger partial charge in [0.1, 0.15) is 17.3 Å². The van der Waals surface area contributed by atoms with Gasteiger partial charge in [-0.15, -0.1) is 0 Å². The minimum Gasteiger partial charge on any atom is -0.491 e. The SMILES string of the molecule is COCSc1ccc(OC(C)C)cc1Oc1ccc(F)cc1N. The Bertz CT molecular complexity index is 664. The summed E-state index contributed by atoms with van der Waals surface area (Å²) in [6.07, 6.45) is 0.0521. The maximum atomic E-state index is 13.2. The third kappa shape index (κ3) is 5.04. The molecule has 0 radical (unpaired) electrons. The molecular formula is C17H20FNO3S. The van der Waals surface area contributed by atoms with E-state index in [-0.39, 0.29) is 11.8 Å². The van der Waals surface area contributed by atoms with Crippen LogP contribution in [0.4, 0.5) is 10.1 Å². The van der Waals surface area contributed by atoms with Gasteiger partial charge < -0.3 is 19.9 Å². The van der Waals surface area contributed by atoms with Crippen molar-refractivity contribution in [3.05, 3.63) is 42.2 Å². The van der Waals surface area contributed by atoms with E-state index in [0.717, 1.165) is 4.90 Å². The average Bonchev–Trinajstić information content (AvgIpc) is 2.48. The molecule has 2 aromatic rings. The van der Waals surface area contributed by atoms with Gasteiger partial charge in [0.05, 0.1) is 22.6 Å². The summed E-state index contributed by atoms with van der Waals surface area (Å²) in [5.41, 5.74) is 6.05. The molecule has 23 heavy (non-hydrogen) atoms. The molecule has 0 saturated carbocycles. The fourth-order valence-electron chi connectivity index (χ4n) is 1.89. The van der Waals surface area contributed by atoms with Gasteiger partial charge in [-0.1, -0.05) is 11.8 Å². The van der Waals surface area contributed by atoms with Crippen molar-refractivity contribution in [3.63, 3.8) is 0 Å². The van der Waals surface area contributed by atoms with Crippen LogP contribution in [0.1, 0.15) is 13.8 Å². The molecule has 0 amide bonds. The van der Waals surface area contributed by atoms with Crippen molar-refractivity contribution in [3.8, 4) is 17.2 Å². The van der Waals surface area contributed by atoms with E-state index in [1.165, 1.54) is 30.0 Å². The molecule has 0 aromatic heterocycles. The van der Waals surface area contributed by atoms with E-state index in [0.29, 0.717) is 23.2 Å². The van der Waals surface area contributed by atoms with Gasteiger partial charge in [-0.3, -0.25) is 0 Å². The Morgan fingerprint density at radius 2 is 1.91 bits per heavy atom. The van der Waals surface area contributed by atoms with E-state index in [1.54, 1.807) is 13.2 Å². The Morgan fingerprint density at radius 1 is 1.13 bits per heavy atom. The summed E-state index contributed by atoms with van der Waals surface area (Å²) in [5.74, 6) is 1.76. The van der Waals surface area contributed by atoms with Crippen molar-refractivity contribution in [1.82, 2.24) is 0 Å². The second-order valence-corrected chi connectivity index (χ2v) is 6.07. The second kappa shape index (κ2) is 8.08. The van der Waals surface area contributed by atoms with E-state index < -0.39 is 5.82 Å². The number of nitrogens with two attached hydrogens (primary N) is 1. The summed E-state index contributed by atoms with van der Waals surface area (Å²) in [4.78, 5) is 0.881. The topological polar surface area (TPSA) is 53.7 Å². The molecule has 0 spiro atoms. The van der Waals surface area contributed by atoms with Crippen molar-refractivity contribution in [1.29, 1.82) is 0 Å². The smallest absolute Gasteiger partial charge is 0.150 e. The maximum Gasteiger partial charge on any atom is 0.150 e. The predicted molar refractivity (Wildman–Crippen MR) is 90.8 cm³/mol. The van der Waals surface area contributed by atoms with Crippen LogP contribution in [0, 0.1) is 5.82 Å².